The van der Waals surface area contributed by atoms with Crippen LogP contribution in [0.5, 0.6) is 0 Å². The van der Waals surface area contributed by atoms with Crippen molar-refractivity contribution in [3.63, 3.8) is 0 Å². The van der Waals surface area contributed by atoms with Crippen molar-refractivity contribution in [1.29, 1.82) is 0 Å². The minimum atomic E-state index is 0.203. The zero-order valence-electron chi connectivity index (χ0n) is 9.33. The lowest BCUT2D eigenvalue weighted by Gasteiger charge is -2.27. The first-order valence-corrected chi connectivity index (χ1v) is 6.91. The predicted molar refractivity (Wildman–Crippen MR) is 68.5 cm³/mol. The molecule has 16 heavy (non-hydrogen) atoms. The monoisotopic (exact) mass is 257 g/mol. The molecule has 2 atom stereocenters. The molecule has 2 unspecified atom stereocenters. The van der Waals surface area contributed by atoms with E-state index in [4.69, 9.17) is 11.6 Å². The molecule has 0 saturated carbocycles. The third-order valence-electron chi connectivity index (χ3n) is 3.08. The quantitative estimate of drug-likeness (QED) is 0.842. The summed E-state index contributed by atoms with van der Waals surface area (Å²) in [7, 11) is 0. The van der Waals surface area contributed by atoms with Gasteiger partial charge in [-0.3, -0.25) is 4.79 Å². The maximum Gasteiger partial charge on any atom is 0.165 e. The number of rotatable bonds is 3. The summed E-state index contributed by atoms with van der Waals surface area (Å²) < 4.78 is 0.688. The van der Waals surface area contributed by atoms with Gasteiger partial charge < -0.3 is 5.32 Å². The second kappa shape index (κ2) is 5.30. The highest BCUT2D eigenvalue weighted by atomic mass is 35.5. The first kappa shape index (κ1) is 12.1. The molecule has 2 heterocycles. The van der Waals surface area contributed by atoms with Gasteiger partial charge in [0.05, 0.1) is 4.34 Å². The molecule has 0 amide bonds. The number of piperidine rings is 1. The van der Waals surface area contributed by atoms with Crippen LogP contribution in [0.2, 0.25) is 4.34 Å². The molecule has 1 aliphatic rings. The number of nitrogens with one attached hydrogen (secondary N) is 1. The number of carbonyl (C=O) groups excluding carboxylic acids is 1. The van der Waals surface area contributed by atoms with Crippen LogP contribution in [-0.4, -0.2) is 18.4 Å². The minimum Gasteiger partial charge on any atom is -0.314 e. The fourth-order valence-corrected chi connectivity index (χ4v) is 3.06. The van der Waals surface area contributed by atoms with Gasteiger partial charge in [0.1, 0.15) is 0 Å². The molecule has 1 aromatic heterocycles. The lowest BCUT2D eigenvalue weighted by Crippen LogP contribution is -2.38. The predicted octanol–water partition coefficient (Wildman–Crippen LogP) is 3.36. The highest BCUT2D eigenvalue weighted by Crippen LogP contribution is 2.23. The normalized spacial score (nSPS) is 25.6. The van der Waals surface area contributed by atoms with Gasteiger partial charge in [-0.25, -0.2) is 0 Å². The zero-order chi connectivity index (χ0) is 11.5. The van der Waals surface area contributed by atoms with E-state index in [2.05, 4.69) is 12.2 Å². The topological polar surface area (TPSA) is 29.1 Å². The summed E-state index contributed by atoms with van der Waals surface area (Å²) in [5.41, 5.74) is 0.759. The van der Waals surface area contributed by atoms with Crippen LogP contribution in [0.25, 0.3) is 0 Å². The largest absolute Gasteiger partial charge is 0.314 e. The second-order valence-corrected chi connectivity index (χ2v) is 6.09. The second-order valence-electron chi connectivity index (χ2n) is 4.55. The summed E-state index contributed by atoms with van der Waals surface area (Å²) in [5, 5.41) is 5.25. The van der Waals surface area contributed by atoms with Crippen molar-refractivity contribution in [3.05, 3.63) is 21.3 Å². The van der Waals surface area contributed by atoms with Crippen LogP contribution in [0.4, 0.5) is 0 Å². The van der Waals surface area contributed by atoms with E-state index >= 15 is 0 Å². The van der Waals surface area contributed by atoms with Crippen molar-refractivity contribution >= 4 is 28.7 Å². The summed E-state index contributed by atoms with van der Waals surface area (Å²) in [6.45, 7) is 3.28. The molecule has 88 valence electrons. The maximum atomic E-state index is 11.9. The number of hydrogen-bond acceptors (Lipinski definition) is 3. The van der Waals surface area contributed by atoms with Gasteiger partial charge in [-0.05, 0) is 31.4 Å². The highest BCUT2D eigenvalue weighted by molar-refractivity contribution is 7.14. The fraction of sp³-hybridized carbons (Fsp3) is 0.583. The van der Waals surface area contributed by atoms with Crippen LogP contribution < -0.4 is 5.32 Å². The standard InChI is InChI=1S/C12H16ClNOS/c1-8-2-3-14-10(4-8)6-11(15)9-5-12(13)16-7-9/h5,7-8,10,14H,2-4,6H2,1H3. The van der Waals surface area contributed by atoms with Crippen molar-refractivity contribution < 1.29 is 4.79 Å². The minimum absolute atomic E-state index is 0.203. The molecule has 1 aliphatic heterocycles. The van der Waals surface area contributed by atoms with Crippen molar-refractivity contribution in [2.45, 2.75) is 32.2 Å². The van der Waals surface area contributed by atoms with Gasteiger partial charge in [0.2, 0.25) is 0 Å². The summed E-state index contributed by atoms with van der Waals surface area (Å²) in [6.07, 6.45) is 2.91. The Hall–Kier alpha value is -0.380. The average molecular weight is 258 g/mol. The zero-order valence-corrected chi connectivity index (χ0v) is 10.9. The molecule has 1 saturated heterocycles. The molecule has 2 rings (SSSR count). The number of carbonyl (C=O) groups is 1. The summed E-state index contributed by atoms with van der Waals surface area (Å²) in [4.78, 5) is 11.9. The van der Waals surface area contributed by atoms with Gasteiger partial charge in [-0.15, -0.1) is 11.3 Å². The first-order chi connectivity index (χ1) is 7.65. The van der Waals surface area contributed by atoms with Crippen molar-refractivity contribution in [3.8, 4) is 0 Å². The molecule has 0 aromatic carbocycles. The Balaban J connectivity index is 1.92. The maximum absolute atomic E-state index is 11.9. The number of halogens is 1. The molecule has 0 bridgehead atoms. The van der Waals surface area contributed by atoms with E-state index in [1.54, 1.807) is 6.07 Å². The molecule has 0 aliphatic carbocycles. The van der Waals surface area contributed by atoms with Gasteiger partial charge in [0, 0.05) is 23.4 Å². The summed E-state index contributed by atoms with van der Waals surface area (Å²) in [5.74, 6) is 0.930. The molecular weight excluding hydrogens is 242 g/mol. The van der Waals surface area contributed by atoms with Gasteiger partial charge in [-0.2, -0.15) is 0 Å². The molecule has 2 nitrogen and oxygen atoms in total. The van der Waals surface area contributed by atoms with E-state index in [9.17, 15) is 4.79 Å². The Morgan fingerprint density at radius 2 is 2.50 bits per heavy atom. The number of thiophene rings is 1. The number of hydrogen-bond donors (Lipinski definition) is 1. The molecule has 0 radical (unpaired) electrons. The third-order valence-corrected chi connectivity index (χ3v) is 4.17. The lowest BCUT2D eigenvalue weighted by atomic mass is 9.91. The van der Waals surface area contributed by atoms with E-state index in [-0.39, 0.29) is 5.78 Å². The molecular formula is C12H16ClNOS. The van der Waals surface area contributed by atoms with E-state index < -0.39 is 0 Å². The van der Waals surface area contributed by atoms with Crippen molar-refractivity contribution in [2.75, 3.05) is 6.54 Å². The van der Waals surface area contributed by atoms with Crippen LogP contribution >= 0.6 is 22.9 Å². The van der Waals surface area contributed by atoms with Crippen LogP contribution in [0.15, 0.2) is 11.4 Å². The Morgan fingerprint density at radius 1 is 1.69 bits per heavy atom. The molecule has 1 N–H and O–H groups in total. The third kappa shape index (κ3) is 3.06. The smallest absolute Gasteiger partial charge is 0.165 e. The highest BCUT2D eigenvalue weighted by Gasteiger charge is 2.21. The van der Waals surface area contributed by atoms with E-state index in [0.717, 1.165) is 24.4 Å². The Kier molecular flexibility index (Phi) is 4.00. The van der Waals surface area contributed by atoms with Gasteiger partial charge in [-0.1, -0.05) is 18.5 Å². The van der Waals surface area contributed by atoms with Crippen molar-refractivity contribution in [2.24, 2.45) is 5.92 Å². The Bertz CT molecular complexity index is 377. The summed E-state index contributed by atoms with van der Waals surface area (Å²) >= 11 is 7.24. The molecule has 4 heteroatoms. The van der Waals surface area contributed by atoms with Crippen molar-refractivity contribution in [1.82, 2.24) is 5.32 Å². The number of Topliss-reactive ketones (excluding diaryl/α,β-unsaturated/α-hetero) is 1. The Morgan fingerprint density at radius 3 is 3.12 bits per heavy atom. The van der Waals surface area contributed by atoms with E-state index in [1.165, 1.54) is 17.8 Å². The van der Waals surface area contributed by atoms with Gasteiger partial charge in [0.25, 0.3) is 0 Å². The van der Waals surface area contributed by atoms with E-state index in [0.29, 0.717) is 16.8 Å². The average Bonchev–Trinajstić information content (AvgIpc) is 2.65. The first-order valence-electron chi connectivity index (χ1n) is 5.66. The van der Waals surface area contributed by atoms with Crippen LogP contribution in [0, 0.1) is 5.92 Å². The van der Waals surface area contributed by atoms with E-state index in [1.807, 2.05) is 5.38 Å². The molecule has 0 spiro atoms. The van der Waals surface area contributed by atoms with Gasteiger partial charge in [0.15, 0.2) is 5.78 Å². The van der Waals surface area contributed by atoms with Crippen LogP contribution in [0.3, 0.4) is 0 Å². The summed E-state index contributed by atoms with van der Waals surface area (Å²) in [6, 6.07) is 2.11. The van der Waals surface area contributed by atoms with Crippen LogP contribution in [0.1, 0.15) is 36.5 Å². The molecule has 1 aromatic rings. The van der Waals surface area contributed by atoms with Gasteiger partial charge >= 0.3 is 0 Å². The SMILES string of the molecule is CC1CCNC(CC(=O)c2csc(Cl)c2)C1. The Labute approximate surface area is 105 Å². The fourth-order valence-electron chi connectivity index (χ4n) is 2.17. The lowest BCUT2D eigenvalue weighted by molar-refractivity contribution is 0.0959. The van der Waals surface area contributed by atoms with Crippen LogP contribution in [-0.2, 0) is 0 Å². The molecule has 1 fully saturated rings. The number of ketones is 1.